The molecule has 1 fully saturated rings. The normalized spacial score (nSPS) is 19.1. The zero-order chi connectivity index (χ0) is 15.2. The molecule has 1 aliphatic rings. The summed E-state index contributed by atoms with van der Waals surface area (Å²) in [5.41, 5.74) is 4.37. The average Bonchev–Trinajstić information content (AvgIpc) is 2.35. The van der Waals surface area contributed by atoms with E-state index in [0.29, 0.717) is 12.8 Å². The Labute approximate surface area is 117 Å². The first-order chi connectivity index (χ1) is 9.34. The van der Waals surface area contributed by atoms with Gasteiger partial charge in [-0.1, -0.05) is 19.3 Å². The highest BCUT2D eigenvalue weighted by molar-refractivity contribution is 5.81. The standard InChI is InChI=1S/C13H22N2O5/c14-12(20)9(16)8-15-10(17)6-13(7-11(18)19)4-2-1-3-5-13/h9,16H,1-8H2,(H2,14,20)(H,15,17)(H,18,19). The lowest BCUT2D eigenvalue weighted by molar-refractivity contribution is -0.141. The molecule has 0 aliphatic heterocycles. The van der Waals surface area contributed by atoms with Gasteiger partial charge in [-0.2, -0.15) is 0 Å². The number of amides is 2. The molecule has 0 spiro atoms. The maximum absolute atomic E-state index is 11.9. The zero-order valence-corrected chi connectivity index (χ0v) is 11.4. The van der Waals surface area contributed by atoms with E-state index in [1.807, 2.05) is 0 Å². The molecule has 0 bridgehead atoms. The van der Waals surface area contributed by atoms with Crippen LogP contribution >= 0.6 is 0 Å². The van der Waals surface area contributed by atoms with Gasteiger partial charge in [-0.15, -0.1) is 0 Å². The van der Waals surface area contributed by atoms with E-state index in [9.17, 15) is 19.5 Å². The first kappa shape index (κ1) is 16.4. The third-order valence-electron chi connectivity index (χ3n) is 3.80. The van der Waals surface area contributed by atoms with Gasteiger partial charge in [0.25, 0.3) is 0 Å². The molecule has 1 saturated carbocycles. The van der Waals surface area contributed by atoms with Gasteiger partial charge in [-0.3, -0.25) is 14.4 Å². The van der Waals surface area contributed by atoms with Crippen LogP contribution in [-0.4, -0.2) is 40.6 Å². The van der Waals surface area contributed by atoms with Gasteiger partial charge in [0.1, 0.15) is 6.10 Å². The van der Waals surface area contributed by atoms with Crippen LogP contribution in [0.3, 0.4) is 0 Å². The largest absolute Gasteiger partial charge is 0.481 e. The zero-order valence-electron chi connectivity index (χ0n) is 11.4. The summed E-state index contributed by atoms with van der Waals surface area (Å²) >= 11 is 0. The Morgan fingerprint density at radius 1 is 1.15 bits per heavy atom. The van der Waals surface area contributed by atoms with Crippen molar-refractivity contribution in [1.29, 1.82) is 0 Å². The van der Waals surface area contributed by atoms with E-state index in [4.69, 9.17) is 10.8 Å². The Hall–Kier alpha value is -1.63. The predicted octanol–water partition coefficient (Wildman–Crippen LogP) is -0.236. The van der Waals surface area contributed by atoms with Gasteiger partial charge in [0.15, 0.2) is 0 Å². The van der Waals surface area contributed by atoms with Crippen molar-refractivity contribution in [3.63, 3.8) is 0 Å². The number of aliphatic hydroxyl groups excluding tert-OH is 1. The molecule has 1 aliphatic carbocycles. The van der Waals surface area contributed by atoms with Crippen LogP contribution in [0.2, 0.25) is 0 Å². The third-order valence-corrected chi connectivity index (χ3v) is 3.80. The average molecular weight is 286 g/mol. The molecule has 1 atom stereocenters. The molecule has 1 rings (SSSR count). The van der Waals surface area contributed by atoms with Crippen molar-refractivity contribution in [1.82, 2.24) is 5.32 Å². The monoisotopic (exact) mass is 286 g/mol. The van der Waals surface area contributed by atoms with Crippen LogP contribution in [0.15, 0.2) is 0 Å². The van der Waals surface area contributed by atoms with Gasteiger partial charge >= 0.3 is 5.97 Å². The van der Waals surface area contributed by atoms with Gasteiger partial charge in [0.2, 0.25) is 11.8 Å². The number of carbonyl (C=O) groups is 3. The number of nitrogens with two attached hydrogens (primary N) is 1. The number of primary amides is 1. The number of aliphatic carboxylic acids is 1. The van der Waals surface area contributed by atoms with Crippen molar-refractivity contribution < 1.29 is 24.6 Å². The lowest BCUT2D eigenvalue weighted by atomic mass is 9.69. The molecule has 2 amide bonds. The summed E-state index contributed by atoms with van der Waals surface area (Å²) in [5, 5.41) is 20.6. The molecular formula is C13H22N2O5. The topological polar surface area (TPSA) is 130 Å². The van der Waals surface area contributed by atoms with Gasteiger partial charge in [-0.25, -0.2) is 0 Å². The number of aliphatic hydroxyl groups is 1. The maximum Gasteiger partial charge on any atom is 0.303 e. The molecule has 0 saturated heterocycles. The Kier molecular flexibility index (Phi) is 5.94. The van der Waals surface area contributed by atoms with Crippen LogP contribution in [-0.2, 0) is 14.4 Å². The van der Waals surface area contributed by atoms with E-state index in [1.54, 1.807) is 0 Å². The number of hydrogen-bond acceptors (Lipinski definition) is 4. The summed E-state index contributed by atoms with van der Waals surface area (Å²) in [6.07, 6.45) is 2.98. The minimum atomic E-state index is -1.42. The molecule has 1 unspecified atom stereocenters. The van der Waals surface area contributed by atoms with Crippen LogP contribution in [0, 0.1) is 5.41 Å². The highest BCUT2D eigenvalue weighted by Gasteiger charge is 2.36. The number of carboxylic acid groups (broad SMARTS) is 1. The summed E-state index contributed by atoms with van der Waals surface area (Å²) in [6, 6.07) is 0. The molecule has 0 radical (unpaired) electrons. The summed E-state index contributed by atoms with van der Waals surface area (Å²) in [6.45, 7) is -0.239. The van der Waals surface area contributed by atoms with Crippen molar-refractivity contribution in [2.45, 2.75) is 51.0 Å². The van der Waals surface area contributed by atoms with Crippen molar-refractivity contribution in [2.24, 2.45) is 11.1 Å². The fraction of sp³-hybridized carbons (Fsp3) is 0.769. The smallest absolute Gasteiger partial charge is 0.303 e. The second kappa shape index (κ2) is 7.23. The molecule has 0 aromatic heterocycles. The molecule has 114 valence electrons. The second-order valence-corrected chi connectivity index (χ2v) is 5.53. The number of nitrogens with one attached hydrogen (secondary N) is 1. The van der Waals surface area contributed by atoms with Crippen molar-refractivity contribution in [3.8, 4) is 0 Å². The van der Waals surface area contributed by atoms with E-state index >= 15 is 0 Å². The Morgan fingerprint density at radius 3 is 2.25 bits per heavy atom. The summed E-state index contributed by atoms with van der Waals surface area (Å²) < 4.78 is 0. The molecule has 20 heavy (non-hydrogen) atoms. The van der Waals surface area contributed by atoms with Crippen LogP contribution in [0.25, 0.3) is 0 Å². The minimum absolute atomic E-state index is 0.0290. The Balaban J connectivity index is 2.54. The van der Waals surface area contributed by atoms with Crippen LogP contribution in [0.5, 0.6) is 0 Å². The van der Waals surface area contributed by atoms with E-state index in [0.717, 1.165) is 19.3 Å². The van der Waals surface area contributed by atoms with Crippen molar-refractivity contribution >= 4 is 17.8 Å². The quantitative estimate of drug-likeness (QED) is 0.513. The van der Waals surface area contributed by atoms with Gasteiger partial charge in [0, 0.05) is 6.42 Å². The SMILES string of the molecule is NC(=O)C(O)CNC(=O)CC1(CC(=O)O)CCCCC1. The molecule has 0 aromatic rings. The maximum atomic E-state index is 11.9. The fourth-order valence-corrected chi connectivity index (χ4v) is 2.75. The lowest BCUT2D eigenvalue weighted by Crippen LogP contribution is -2.42. The lowest BCUT2D eigenvalue weighted by Gasteiger charge is -2.35. The Bertz CT molecular complexity index is 377. The second-order valence-electron chi connectivity index (χ2n) is 5.53. The molecule has 5 N–H and O–H groups in total. The fourth-order valence-electron chi connectivity index (χ4n) is 2.75. The molecule has 7 heteroatoms. The molecule has 0 aromatic carbocycles. The van der Waals surface area contributed by atoms with E-state index in [2.05, 4.69) is 5.32 Å². The predicted molar refractivity (Wildman–Crippen MR) is 70.6 cm³/mol. The van der Waals surface area contributed by atoms with Crippen LogP contribution in [0.4, 0.5) is 0 Å². The third kappa shape index (κ3) is 5.16. The van der Waals surface area contributed by atoms with E-state index in [-0.39, 0.29) is 25.3 Å². The van der Waals surface area contributed by atoms with Gasteiger partial charge in [-0.05, 0) is 18.3 Å². The van der Waals surface area contributed by atoms with Crippen molar-refractivity contribution in [2.75, 3.05) is 6.54 Å². The number of hydrogen-bond donors (Lipinski definition) is 4. The highest BCUT2D eigenvalue weighted by atomic mass is 16.4. The van der Waals surface area contributed by atoms with Gasteiger partial charge < -0.3 is 21.3 Å². The van der Waals surface area contributed by atoms with E-state index < -0.39 is 23.4 Å². The molecular weight excluding hydrogens is 264 g/mol. The van der Waals surface area contributed by atoms with Gasteiger partial charge in [0.05, 0.1) is 13.0 Å². The number of carbonyl (C=O) groups excluding carboxylic acids is 2. The van der Waals surface area contributed by atoms with Crippen molar-refractivity contribution in [3.05, 3.63) is 0 Å². The van der Waals surface area contributed by atoms with Crippen LogP contribution < -0.4 is 11.1 Å². The summed E-state index contributed by atoms with van der Waals surface area (Å²) in [4.78, 5) is 33.5. The Morgan fingerprint density at radius 2 is 1.75 bits per heavy atom. The number of rotatable bonds is 7. The van der Waals surface area contributed by atoms with Crippen LogP contribution in [0.1, 0.15) is 44.9 Å². The summed E-state index contributed by atoms with van der Waals surface area (Å²) in [7, 11) is 0. The first-order valence-electron chi connectivity index (χ1n) is 6.80. The minimum Gasteiger partial charge on any atom is -0.481 e. The van der Waals surface area contributed by atoms with E-state index in [1.165, 1.54) is 0 Å². The highest BCUT2D eigenvalue weighted by Crippen LogP contribution is 2.42. The first-order valence-corrected chi connectivity index (χ1v) is 6.80. The number of carboxylic acids is 1. The summed E-state index contributed by atoms with van der Waals surface area (Å²) in [5.74, 6) is -2.16. The molecule has 7 nitrogen and oxygen atoms in total. The molecule has 0 heterocycles.